The Labute approximate surface area is 123 Å². The maximum atomic E-state index is 5.79. The van der Waals surface area contributed by atoms with Gasteiger partial charge in [-0.25, -0.2) is 0 Å². The summed E-state index contributed by atoms with van der Waals surface area (Å²) < 4.78 is 5.79. The highest BCUT2D eigenvalue weighted by Crippen LogP contribution is 2.24. The van der Waals surface area contributed by atoms with Gasteiger partial charge in [0.1, 0.15) is 12.4 Å². The molecule has 1 N–H and O–H groups in total. The summed E-state index contributed by atoms with van der Waals surface area (Å²) in [7, 11) is 2.19. The van der Waals surface area contributed by atoms with Crippen molar-refractivity contribution < 1.29 is 4.74 Å². The van der Waals surface area contributed by atoms with Crippen LogP contribution in [0.1, 0.15) is 32.3 Å². The second kappa shape index (κ2) is 7.65. The van der Waals surface area contributed by atoms with Gasteiger partial charge in [0.05, 0.1) is 0 Å². The lowest BCUT2D eigenvalue weighted by Crippen LogP contribution is -2.26. The van der Waals surface area contributed by atoms with E-state index in [1.807, 2.05) is 0 Å². The van der Waals surface area contributed by atoms with Crippen LogP contribution in [-0.4, -0.2) is 37.7 Å². The summed E-state index contributed by atoms with van der Waals surface area (Å²) in [5.74, 6) is 1.67. The van der Waals surface area contributed by atoms with Crippen molar-refractivity contribution in [3.8, 4) is 5.75 Å². The fraction of sp³-hybridized carbons (Fsp3) is 0.647. The van der Waals surface area contributed by atoms with Crippen molar-refractivity contribution in [1.82, 2.24) is 10.2 Å². The number of benzene rings is 1. The minimum atomic E-state index is 0.695. The molecule has 0 spiro atoms. The lowest BCUT2D eigenvalue weighted by Gasteiger charge is -2.16. The molecular weight excluding hydrogens is 248 g/mol. The zero-order valence-corrected chi connectivity index (χ0v) is 13.1. The van der Waals surface area contributed by atoms with Crippen molar-refractivity contribution in [3.05, 3.63) is 29.8 Å². The quantitative estimate of drug-likeness (QED) is 0.750. The predicted octanol–water partition coefficient (Wildman–Crippen LogP) is 2.91. The number of hydrogen-bond acceptors (Lipinski definition) is 3. The molecule has 0 radical (unpaired) electrons. The van der Waals surface area contributed by atoms with Gasteiger partial charge in [-0.3, -0.25) is 0 Å². The smallest absolute Gasteiger partial charge is 0.119 e. The van der Waals surface area contributed by atoms with Crippen LogP contribution in [0.4, 0.5) is 0 Å². The summed E-state index contributed by atoms with van der Waals surface area (Å²) >= 11 is 0. The maximum Gasteiger partial charge on any atom is 0.119 e. The van der Waals surface area contributed by atoms with E-state index in [0.717, 1.165) is 38.0 Å². The SMILES string of the molecule is CC(C)CNCc1ccc(OCCN(C)C2CC2)cc1. The summed E-state index contributed by atoms with van der Waals surface area (Å²) in [5.41, 5.74) is 1.31. The normalized spacial score (nSPS) is 15.1. The first-order valence-corrected chi connectivity index (χ1v) is 7.78. The van der Waals surface area contributed by atoms with E-state index in [4.69, 9.17) is 4.74 Å². The molecule has 0 aliphatic heterocycles. The molecule has 1 fully saturated rings. The largest absolute Gasteiger partial charge is 0.492 e. The molecule has 1 aliphatic carbocycles. The second-order valence-corrected chi connectivity index (χ2v) is 6.23. The highest BCUT2D eigenvalue weighted by atomic mass is 16.5. The van der Waals surface area contributed by atoms with E-state index in [2.05, 4.69) is 55.4 Å². The van der Waals surface area contributed by atoms with Gasteiger partial charge < -0.3 is 15.0 Å². The van der Waals surface area contributed by atoms with Crippen LogP contribution in [-0.2, 0) is 6.54 Å². The molecule has 1 saturated carbocycles. The second-order valence-electron chi connectivity index (χ2n) is 6.23. The number of nitrogens with one attached hydrogen (secondary N) is 1. The minimum Gasteiger partial charge on any atom is -0.492 e. The minimum absolute atomic E-state index is 0.695. The van der Waals surface area contributed by atoms with E-state index < -0.39 is 0 Å². The number of hydrogen-bond donors (Lipinski definition) is 1. The van der Waals surface area contributed by atoms with E-state index in [-0.39, 0.29) is 0 Å². The van der Waals surface area contributed by atoms with Crippen LogP contribution in [0.3, 0.4) is 0 Å². The highest BCUT2D eigenvalue weighted by Gasteiger charge is 2.25. The molecule has 0 saturated heterocycles. The molecule has 0 amide bonds. The highest BCUT2D eigenvalue weighted by molar-refractivity contribution is 5.27. The first-order valence-electron chi connectivity index (χ1n) is 7.78. The van der Waals surface area contributed by atoms with Crippen LogP contribution in [0.2, 0.25) is 0 Å². The number of rotatable bonds is 9. The Morgan fingerprint density at radius 3 is 2.55 bits per heavy atom. The molecule has 0 heterocycles. The lowest BCUT2D eigenvalue weighted by atomic mass is 10.2. The molecule has 1 aliphatic rings. The van der Waals surface area contributed by atoms with E-state index in [1.54, 1.807) is 0 Å². The number of nitrogens with zero attached hydrogens (tertiary/aromatic N) is 1. The average Bonchev–Trinajstić information content (AvgIpc) is 3.24. The van der Waals surface area contributed by atoms with Crippen molar-refractivity contribution in [2.24, 2.45) is 5.92 Å². The Kier molecular flexibility index (Phi) is 5.86. The zero-order chi connectivity index (χ0) is 14.4. The van der Waals surface area contributed by atoms with Crippen LogP contribution in [0.5, 0.6) is 5.75 Å². The Bertz CT molecular complexity index is 384. The van der Waals surface area contributed by atoms with Crippen LogP contribution in [0, 0.1) is 5.92 Å². The van der Waals surface area contributed by atoms with Gasteiger partial charge in [0.15, 0.2) is 0 Å². The third-order valence-corrected chi connectivity index (χ3v) is 3.69. The molecule has 20 heavy (non-hydrogen) atoms. The van der Waals surface area contributed by atoms with Gasteiger partial charge in [-0.1, -0.05) is 26.0 Å². The van der Waals surface area contributed by atoms with E-state index in [9.17, 15) is 0 Å². The molecule has 0 unspecified atom stereocenters. The molecule has 0 aromatic heterocycles. The molecule has 3 nitrogen and oxygen atoms in total. The van der Waals surface area contributed by atoms with Crippen LogP contribution in [0.25, 0.3) is 0 Å². The van der Waals surface area contributed by atoms with Gasteiger partial charge in [0.25, 0.3) is 0 Å². The van der Waals surface area contributed by atoms with Gasteiger partial charge in [-0.15, -0.1) is 0 Å². The summed E-state index contributed by atoms with van der Waals surface area (Å²) in [4.78, 5) is 2.39. The lowest BCUT2D eigenvalue weighted by molar-refractivity contribution is 0.232. The summed E-state index contributed by atoms with van der Waals surface area (Å²) in [6, 6.07) is 9.25. The number of likely N-dealkylation sites (N-methyl/N-ethyl adjacent to an activating group) is 1. The van der Waals surface area contributed by atoms with Gasteiger partial charge in [-0.05, 0) is 50.0 Å². The molecule has 0 bridgehead atoms. The van der Waals surface area contributed by atoms with Crippen molar-refractivity contribution in [2.75, 3.05) is 26.7 Å². The molecule has 112 valence electrons. The number of ether oxygens (including phenoxy) is 1. The van der Waals surface area contributed by atoms with Gasteiger partial charge in [-0.2, -0.15) is 0 Å². The van der Waals surface area contributed by atoms with Crippen molar-refractivity contribution in [1.29, 1.82) is 0 Å². The van der Waals surface area contributed by atoms with Crippen LogP contribution >= 0.6 is 0 Å². The Morgan fingerprint density at radius 1 is 1.25 bits per heavy atom. The maximum absolute atomic E-state index is 5.79. The first-order chi connectivity index (χ1) is 9.65. The Balaban J connectivity index is 1.65. The summed E-state index contributed by atoms with van der Waals surface area (Å²) in [5, 5.41) is 3.45. The van der Waals surface area contributed by atoms with Gasteiger partial charge >= 0.3 is 0 Å². The van der Waals surface area contributed by atoms with Crippen LogP contribution < -0.4 is 10.1 Å². The fourth-order valence-electron chi connectivity index (χ4n) is 2.21. The van der Waals surface area contributed by atoms with Crippen molar-refractivity contribution >= 4 is 0 Å². The topological polar surface area (TPSA) is 24.5 Å². The predicted molar refractivity (Wildman–Crippen MR) is 84.1 cm³/mol. The summed E-state index contributed by atoms with van der Waals surface area (Å²) in [6.07, 6.45) is 2.71. The van der Waals surface area contributed by atoms with Crippen molar-refractivity contribution in [3.63, 3.8) is 0 Å². The van der Waals surface area contributed by atoms with Gasteiger partial charge in [0, 0.05) is 19.1 Å². The van der Waals surface area contributed by atoms with E-state index in [1.165, 1.54) is 18.4 Å². The molecule has 3 heteroatoms. The monoisotopic (exact) mass is 276 g/mol. The van der Waals surface area contributed by atoms with Crippen molar-refractivity contribution in [2.45, 2.75) is 39.3 Å². The third-order valence-electron chi connectivity index (χ3n) is 3.69. The molecular formula is C17H28N2O. The molecule has 0 atom stereocenters. The summed E-state index contributed by atoms with van der Waals surface area (Å²) in [6.45, 7) is 8.24. The van der Waals surface area contributed by atoms with Gasteiger partial charge in [0.2, 0.25) is 0 Å². The molecule has 1 aromatic rings. The Hall–Kier alpha value is -1.06. The average molecular weight is 276 g/mol. The first kappa shape index (κ1) is 15.3. The Morgan fingerprint density at radius 2 is 1.95 bits per heavy atom. The fourth-order valence-corrected chi connectivity index (χ4v) is 2.21. The molecule has 1 aromatic carbocycles. The standard InChI is InChI=1S/C17H28N2O/c1-14(2)12-18-13-15-4-8-17(9-5-15)20-11-10-19(3)16-6-7-16/h4-5,8-9,14,16,18H,6-7,10-13H2,1-3H3. The van der Waals surface area contributed by atoms with E-state index >= 15 is 0 Å². The third kappa shape index (κ3) is 5.51. The molecule has 2 rings (SSSR count). The van der Waals surface area contributed by atoms with E-state index in [0.29, 0.717) is 5.92 Å². The van der Waals surface area contributed by atoms with Crippen LogP contribution in [0.15, 0.2) is 24.3 Å². The zero-order valence-electron chi connectivity index (χ0n) is 13.1.